The summed E-state index contributed by atoms with van der Waals surface area (Å²) in [6.07, 6.45) is 2.13. The number of rotatable bonds is 5. The van der Waals surface area contributed by atoms with E-state index in [1.165, 1.54) is 6.07 Å². The highest BCUT2D eigenvalue weighted by molar-refractivity contribution is 6.31. The summed E-state index contributed by atoms with van der Waals surface area (Å²) in [6, 6.07) is 23.9. The van der Waals surface area contributed by atoms with Gasteiger partial charge in [0.2, 0.25) is 0 Å². The first-order chi connectivity index (χ1) is 19.4. The maximum Gasteiger partial charge on any atom is 0.256 e. The topological polar surface area (TPSA) is 40.9 Å². The van der Waals surface area contributed by atoms with Crippen LogP contribution in [0.1, 0.15) is 21.6 Å². The molecule has 5 aromatic rings. The highest BCUT2D eigenvalue weighted by Crippen LogP contribution is 2.31. The molecule has 5 nitrogen and oxygen atoms in total. The van der Waals surface area contributed by atoms with E-state index < -0.39 is 5.82 Å². The Balaban J connectivity index is 1.32. The number of carbonyl (C=O) groups excluding carboxylic acids is 1. The van der Waals surface area contributed by atoms with Crippen LogP contribution in [0, 0.1) is 12.7 Å². The van der Waals surface area contributed by atoms with Crippen molar-refractivity contribution in [3.63, 3.8) is 0 Å². The van der Waals surface area contributed by atoms with Crippen LogP contribution >= 0.6 is 23.2 Å². The molecule has 0 saturated carbocycles. The Morgan fingerprint density at radius 1 is 0.875 bits per heavy atom. The summed E-state index contributed by atoms with van der Waals surface area (Å²) in [6.45, 7) is 5.09. The lowest BCUT2D eigenvalue weighted by atomic mass is 10.0. The largest absolute Gasteiger partial charge is 0.336 e. The summed E-state index contributed by atoms with van der Waals surface area (Å²) >= 11 is 12.4. The number of hydrogen-bond acceptors (Lipinski definition) is 3. The van der Waals surface area contributed by atoms with Crippen LogP contribution < -0.4 is 0 Å². The van der Waals surface area contributed by atoms with Crippen molar-refractivity contribution in [3.05, 3.63) is 118 Å². The monoisotopic (exact) mass is 572 g/mol. The summed E-state index contributed by atoms with van der Waals surface area (Å²) in [5.41, 5.74) is 7.19. The summed E-state index contributed by atoms with van der Waals surface area (Å²) in [5, 5.41) is 1.38. The SMILES string of the molecule is Cc1cc(Cl)ccc1-c1ccc2nc(-c3ccc(Cl)cc3)c(CN3CCN(C(=O)c4ccccc4F)CC3)n2c1. The maximum absolute atomic E-state index is 14.2. The second-order valence-corrected chi connectivity index (χ2v) is 10.9. The summed E-state index contributed by atoms with van der Waals surface area (Å²) in [5.74, 6) is -0.752. The molecule has 0 bridgehead atoms. The molecule has 3 heterocycles. The van der Waals surface area contributed by atoms with Crippen molar-refractivity contribution < 1.29 is 9.18 Å². The smallest absolute Gasteiger partial charge is 0.256 e. The van der Waals surface area contributed by atoms with Gasteiger partial charge in [0.25, 0.3) is 5.91 Å². The van der Waals surface area contributed by atoms with E-state index in [-0.39, 0.29) is 11.5 Å². The number of aryl methyl sites for hydroxylation is 1. The van der Waals surface area contributed by atoms with Gasteiger partial charge in [-0.15, -0.1) is 0 Å². The normalized spacial score (nSPS) is 14.2. The van der Waals surface area contributed by atoms with Gasteiger partial charge in [0.15, 0.2) is 0 Å². The Kier molecular flexibility index (Phi) is 7.32. The van der Waals surface area contributed by atoms with Crippen molar-refractivity contribution >= 4 is 34.8 Å². The molecule has 40 heavy (non-hydrogen) atoms. The van der Waals surface area contributed by atoms with Gasteiger partial charge >= 0.3 is 0 Å². The molecule has 0 spiro atoms. The first-order valence-electron chi connectivity index (χ1n) is 13.2. The van der Waals surface area contributed by atoms with Gasteiger partial charge in [0, 0.05) is 54.5 Å². The lowest BCUT2D eigenvalue weighted by Gasteiger charge is -2.34. The van der Waals surface area contributed by atoms with Crippen LogP contribution in [0.4, 0.5) is 4.39 Å². The number of hydrogen-bond donors (Lipinski definition) is 0. The molecule has 3 aromatic carbocycles. The van der Waals surface area contributed by atoms with E-state index in [1.54, 1.807) is 23.1 Å². The number of aromatic nitrogens is 2. The average molecular weight is 573 g/mol. The molecule has 0 atom stereocenters. The maximum atomic E-state index is 14.2. The third-order valence-electron chi connectivity index (χ3n) is 7.47. The van der Waals surface area contributed by atoms with Gasteiger partial charge in [0.1, 0.15) is 11.5 Å². The highest BCUT2D eigenvalue weighted by Gasteiger charge is 2.26. The van der Waals surface area contributed by atoms with Crippen molar-refractivity contribution in [2.24, 2.45) is 0 Å². The van der Waals surface area contributed by atoms with Crippen molar-refractivity contribution in [1.29, 1.82) is 0 Å². The fourth-order valence-corrected chi connectivity index (χ4v) is 5.67. The number of imidazole rings is 1. The van der Waals surface area contributed by atoms with Gasteiger partial charge in [0.05, 0.1) is 17.0 Å². The minimum absolute atomic E-state index is 0.118. The number of carbonyl (C=O) groups is 1. The van der Waals surface area contributed by atoms with Gasteiger partial charge in [-0.2, -0.15) is 0 Å². The number of amides is 1. The highest BCUT2D eigenvalue weighted by atomic mass is 35.5. The standard InChI is InChI=1S/C32H27Cl2FN4O/c1-21-18-25(34)11-12-26(21)23-8-13-30-36-31(22-6-9-24(33)10-7-22)29(39(30)19-23)20-37-14-16-38(17-15-37)32(40)27-4-2-3-5-28(27)35/h2-13,18-19H,14-17,20H2,1H3. The predicted molar refractivity (Wildman–Crippen MR) is 158 cm³/mol. The average Bonchev–Trinajstić information content (AvgIpc) is 3.31. The number of fused-ring (bicyclic) bond motifs is 1. The first-order valence-corrected chi connectivity index (χ1v) is 13.9. The molecule has 1 fully saturated rings. The fourth-order valence-electron chi connectivity index (χ4n) is 5.32. The molecule has 0 radical (unpaired) electrons. The summed E-state index contributed by atoms with van der Waals surface area (Å²) in [7, 11) is 0. The molecular weight excluding hydrogens is 546 g/mol. The molecular formula is C32H27Cl2FN4O. The van der Waals surface area contributed by atoms with Crippen LogP contribution in [0.3, 0.4) is 0 Å². The van der Waals surface area contributed by atoms with Crippen LogP contribution in [0.25, 0.3) is 28.0 Å². The third kappa shape index (κ3) is 5.22. The Morgan fingerprint density at radius 3 is 2.30 bits per heavy atom. The second-order valence-electron chi connectivity index (χ2n) is 10.1. The van der Waals surface area contributed by atoms with Crippen LogP contribution in [0.2, 0.25) is 10.0 Å². The number of halogens is 3. The molecule has 1 amide bonds. The first kappa shape index (κ1) is 26.5. The summed E-state index contributed by atoms with van der Waals surface area (Å²) < 4.78 is 16.4. The van der Waals surface area contributed by atoms with Gasteiger partial charge < -0.3 is 9.30 Å². The van der Waals surface area contributed by atoms with E-state index in [0.29, 0.717) is 42.8 Å². The van der Waals surface area contributed by atoms with Crippen molar-refractivity contribution in [2.45, 2.75) is 13.5 Å². The molecule has 2 aromatic heterocycles. The molecule has 0 unspecified atom stereocenters. The van der Waals surface area contributed by atoms with E-state index in [1.807, 2.05) is 48.5 Å². The lowest BCUT2D eigenvalue weighted by Crippen LogP contribution is -2.48. The predicted octanol–water partition coefficient (Wildman–Crippen LogP) is 7.38. The van der Waals surface area contributed by atoms with Gasteiger partial charge in [-0.1, -0.05) is 53.5 Å². The molecule has 202 valence electrons. The van der Waals surface area contributed by atoms with E-state index in [0.717, 1.165) is 39.3 Å². The Hall–Kier alpha value is -3.71. The van der Waals surface area contributed by atoms with E-state index in [4.69, 9.17) is 28.2 Å². The van der Waals surface area contributed by atoms with Crippen LogP contribution in [0.15, 0.2) is 85.1 Å². The quantitative estimate of drug-likeness (QED) is 0.220. The molecule has 1 aliphatic rings. The van der Waals surface area contributed by atoms with Crippen molar-refractivity contribution in [2.75, 3.05) is 26.2 Å². The van der Waals surface area contributed by atoms with E-state index in [9.17, 15) is 9.18 Å². The Morgan fingerprint density at radius 2 is 1.57 bits per heavy atom. The molecule has 0 N–H and O–H groups in total. The zero-order valence-corrected chi connectivity index (χ0v) is 23.5. The van der Waals surface area contributed by atoms with Gasteiger partial charge in [-0.05, 0) is 72.1 Å². The number of benzene rings is 3. The molecule has 8 heteroatoms. The van der Waals surface area contributed by atoms with Gasteiger partial charge in [-0.25, -0.2) is 9.37 Å². The minimum atomic E-state index is -0.486. The van der Waals surface area contributed by atoms with Crippen molar-refractivity contribution in [1.82, 2.24) is 19.2 Å². The third-order valence-corrected chi connectivity index (χ3v) is 7.96. The number of piperazine rings is 1. The van der Waals surface area contributed by atoms with Crippen molar-refractivity contribution in [3.8, 4) is 22.4 Å². The van der Waals surface area contributed by atoms with Crippen LogP contribution in [0.5, 0.6) is 0 Å². The number of pyridine rings is 1. The molecule has 1 saturated heterocycles. The van der Waals surface area contributed by atoms with Crippen LogP contribution in [-0.2, 0) is 6.54 Å². The minimum Gasteiger partial charge on any atom is -0.336 e. The summed E-state index contributed by atoms with van der Waals surface area (Å²) in [4.78, 5) is 22.0. The Bertz CT molecular complexity index is 1710. The van der Waals surface area contributed by atoms with Crippen LogP contribution in [-0.4, -0.2) is 51.3 Å². The van der Waals surface area contributed by atoms with E-state index in [2.05, 4.69) is 28.5 Å². The fraction of sp³-hybridized carbons (Fsp3) is 0.188. The van der Waals surface area contributed by atoms with Gasteiger partial charge in [-0.3, -0.25) is 9.69 Å². The Labute approximate surface area is 242 Å². The zero-order chi connectivity index (χ0) is 27.8. The van der Waals surface area contributed by atoms with E-state index >= 15 is 0 Å². The number of nitrogens with zero attached hydrogens (tertiary/aromatic N) is 4. The zero-order valence-electron chi connectivity index (χ0n) is 21.9. The molecule has 6 rings (SSSR count). The second kappa shape index (κ2) is 11.0. The molecule has 0 aliphatic carbocycles. The lowest BCUT2D eigenvalue weighted by molar-refractivity contribution is 0.0622. The molecule has 1 aliphatic heterocycles.